The predicted molar refractivity (Wildman–Crippen MR) is 82.0 cm³/mol. The average molecular weight is 313 g/mol. The minimum atomic E-state index is -0.845. The molecule has 6 heteroatoms. The average Bonchev–Trinajstić information content (AvgIpc) is 2.78. The van der Waals surface area contributed by atoms with Gasteiger partial charge in [0.2, 0.25) is 0 Å². The number of ether oxygens (including phenoxy) is 1. The number of aliphatic hydroxyl groups is 1. The Kier molecular flexibility index (Phi) is 4.76. The van der Waals surface area contributed by atoms with E-state index in [2.05, 4.69) is 0 Å². The van der Waals surface area contributed by atoms with Crippen molar-refractivity contribution in [3.05, 3.63) is 28.8 Å². The number of hydrogen-bond donors (Lipinski definition) is 1. The Labute approximate surface area is 130 Å². The lowest BCUT2D eigenvalue weighted by molar-refractivity contribution is 0.0236. The molecule has 116 valence electrons. The smallest absolute Gasteiger partial charge is 0.254 e. The second-order valence-corrected chi connectivity index (χ2v) is 6.26. The molecule has 2 rings (SSSR count). The number of β-amino-alcohol motifs (C(OH)–C–C–N with tert-alkyl or cyclic N) is 1. The Balaban J connectivity index is 2.13. The topological polar surface area (TPSA) is 53.0 Å². The van der Waals surface area contributed by atoms with Crippen molar-refractivity contribution in [3.8, 4) is 5.75 Å². The fourth-order valence-electron chi connectivity index (χ4n) is 2.73. The van der Waals surface area contributed by atoms with Crippen LogP contribution in [-0.4, -0.2) is 67.3 Å². The summed E-state index contributed by atoms with van der Waals surface area (Å²) in [6.07, 6.45) is 0.578. The number of likely N-dealkylation sites (tertiary alicyclic amines) is 1. The number of halogens is 1. The summed E-state index contributed by atoms with van der Waals surface area (Å²) in [5.41, 5.74) is -0.365. The first kappa shape index (κ1) is 16.1. The fourth-order valence-corrected chi connectivity index (χ4v) is 2.96. The van der Waals surface area contributed by atoms with Crippen LogP contribution < -0.4 is 4.74 Å². The van der Waals surface area contributed by atoms with Gasteiger partial charge in [-0.05, 0) is 38.7 Å². The Morgan fingerprint density at radius 1 is 1.48 bits per heavy atom. The van der Waals surface area contributed by atoms with Crippen LogP contribution in [0.15, 0.2) is 18.2 Å². The highest BCUT2D eigenvalue weighted by Gasteiger charge is 2.38. The molecule has 1 N–H and O–H groups in total. The zero-order valence-electron chi connectivity index (χ0n) is 12.6. The maximum Gasteiger partial charge on any atom is 0.254 e. The minimum absolute atomic E-state index is 0.134. The summed E-state index contributed by atoms with van der Waals surface area (Å²) >= 11 is 6.00. The van der Waals surface area contributed by atoms with E-state index in [4.69, 9.17) is 16.3 Å². The molecule has 0 spiro atoms. The summed E-state index contributed by atoms with van der Waals surface area (Å²) in [4.78, 5) is 16.1. The van der Waals surface area contributed by atoms with E-state index in [1.807, 2.05) is 19.0 Å². The van der Waals surface area contributed by atoms with Gasteiger partial charge in [-0.2, -0.15) is 0 Å². The Bertz CT molecular complexity index is 536. The van der Waals surface area contributed by atoms with Gasteiger partial charge < -0.3 is 19.6 Å². The van der Waals surface area contributed by atoms with Gasteiger partial charge in [0.1, 0.15) is 5.75 Å². The van der Waals surface area contributed by atoms with E-state index in [0.717, 1.165) is 0 Å². The number of likely N-dealkylation sites (N-methyl/N-ethyl adjacent to an activating group) is 1. The van der Waals surface area contributed by atoms with E-state index < -0.39 is 5.60 Å². The maximum atomic E-state index is 12.5. The molecule has 0 aromatic heterocycles. The van der Waals surface area contributed by atoms with Crippen molar-refractivity contribution in [3.63, 3.8) is 0 Å². The molecule has 1 aromatic carbocycles. The molecule has 1 heterocycles. The Morgan fingerprint density at radius 3 is 2.81 bits per heavy atom. The van der Waals surface area contributed by atoms with Gasteiger partial charge in [0.25, 0.3) is 5.91 Å². The molecule has 0 bridgehead atoms. The van der Waals surface area contributed by atoms with E-state index in [1.54, 1.807) is 23.1 Å². The van der Waals surface area contributed by atoms with E-state index in [0.29, 0.717) is 42.4 Å². The number of amides is 1. The molecule has 1 aromatic rings. The second kappa shape index (κ2) is 6.22. The normalized spacial score (nSPS) is 21.9. The van der Waals surface area contributed by atoms with Gasteiger partial charge in [0, 0.05) is 23.7 Å². The van der Waals surface area contributed by atoms with Crippen molar-refractivity contribution in [2.45, 2.75) is 12.0 Å². The van der Waals surface area contributed by atoms with Gasteiger partial charge in [-0.3, -0.25) is 4.79 Å². The number of nitrogens with zero attached hydrogens (tertiary/aromatic N) is 2. The summed E-state index contributed by atoms with van der Waals surface area (Å²) in [6.45, 7) is 1.41. The predicted octanol–water partition coefficient (Wildman–Crippen LogP) is 1.49. The fraction of sp³-hybridized carbons (Fsp3) is 0.533. The highest BCUT2D eigenvalue weighted by molar-refractivity contribution is 6.31. The molecule has 1 atom stereocenters. The zero-order chi connectivity index (χ0) is 15.6. The maximum absolute atomic E-state index is 12.5. The SMILES string of the molecule is COc1cc(Cl)cc(C(=O)N2CC[C@](O)(CN(C)C)C2)c1. The van der Waals surface area contributed by atoms with Crippen LogP contribution in [0.1, 0.15) is 16.8 Å². The van der Waals surface area contributed by atoms with E-state index >= 15 is 0 Å². The molecular weight excluding hydrogens is 292 g/mol. The van der Waals surface area contributed by atoms with Crippen molar-refractivity contribution >= 4 is 17.5 Å². The van der Waals surface area contributed by atoms with Crippen LogP contribution in [0, 0.1) is 0 Å². The molecular formula is C15H21ClN2O3. The largest absolute Gasteiger partial charge is 0.497 e. The summed E-state index contributed by atoms with van der Waals surface area (Å²) < 4.78 is 5.13. The molecule has 1 aliphatic heterocycles. The number of benzene rings is 1. The lowest BCUT2D eigenvalue weighted by atomic mass is 10.0. The Morgan fingerprint density at radius 2 is 2.19 bits per heavy atom. The van der Waals surface area contributed by atoms with Gasteiger partial charge in [-0.25, -0.2) is 0 Å². The molecule has 5 nitrogen and oxygen atoms in total. The molecule has 0 unspecified atom stereocenters. The van der Waals surface area contributed by atoms with Gasteiger partial charge >= 0.3 is 0 Å². The molecule has 1 aliphatic rings. The summed E-state index contributed by atoms with van der Waals surface area (Å²) in [5, 5.41) is 11.0. The lowest BCUT2D eigenvalue weighted by Gasteiger charge is -2.26. The van der Waals surface area contributed by atoms with Crippen LogP contribution in [0.4, 0.5) is 0 Å². The van der Waals surface area contributed by atoms with Gasteiger partial charge in [-0.15, -0.1) is 0 Å². The van der Waals surface area contributed by atoms with Crippen molar-refractivity contribution in [2.24, 2.45) is 0 Å². The van der Waals surface area contributed by atoms with E-state index in [1.165, 1.54) is 7.11 Å². The third-order valence-corrected chi connectivity index (χ3v) is 3.80. The summed E-state index contributed by atoms with van der Waals surface area (Å²) in [5.74, 6) is 0.416. The highest BCUT2D eigenvalue weighted by Crippen LogP contribution is 2.26. The van der Waals surface area contributed by atoms with E-state index in [9.17, 15) is 9.90 Å². The van der Waals surface area contributed by atoms with Crippen LogP contribution in [0.2, 0.25) is 5.02 Å². The third kappa shape index (κ3) is 3.87. The summed E-state index contributed by atoms with van der Waals surface area (Å²) in [6, 6.07) is 4.94. The zero-order valence-corrected chi connectivity index (χ0v) is 13.4. The van der Waals surface area contributed by atoms with Gasteiger partial charge in [-0.1, -0.05) is 11.6 Å². The first-order chi connectivity index (χ1) is 9.83. The van der Waals surface area contributed by atoms with Crippen LogP contribution in [0.25, 0.3) is 0 Å². The van der Waals surface area contributed by atoms with Crippen LogP contribution in [0.5, 0.6) is 5.75 Å². The molecule has 21 heavy (non-hydrogen) atoms. The molecule has 1 amide bonds. The molecule has 1 saturated heterocycles. The number of rotatable bonds is 4. The summed E-state index contributed by atoms with van der Waals surface area (Å²) in [7, 11) is 5.35. The monoisotopic (exact) mass is 312 g/mol. The standard InChI is InChI=1S/C15H21ClN2O3/c1-17(2)9-15(20)4-5-18(10-15)14(19)11-6-12(16)8-13(7-11)21-3/h6-8,20H,4-5,9-10H2,1-3H3/t15-/m0/s1. The molecule has 0 aliphatic carbocycles. The number of methoxy groups -OCH3 is 1. The first-order valence-electron chi connectivity index (χ1n) is 6.84. The van der Waals surface area contributed by atoms with Crippen molar-refractivity contribution in [1.82, 2.24) is 9.80 Å². The van der Waals surface area contributed by atoms with E-state index in [-0.39, 0.29) is 5.91 Å². The van der Waals surface area contributed by atoms with Crippen LogP contribution in [-0.2, 0) is 0 Å². The van der Waals surface area contributed by atoms with Crippen molar-refractivity contribution in [2.75, 3.05) is 40.8 Å². The number of hydrogen-bond acceptors (Lipinski definition) is 4. The minimum Gasteiger partial charge on any atom is -0.497 e. The number of carbonyl (C=O) groups excluding carboxylic acids is 1. The van der Waals surface area contributed by atoms with Crippen molar-refractivity contribution in [1.29, 1.82) is 0 Å². The first-order valence-corrected chi connectivity index (χ1v) is 7.22. The second-order valence-electron chi connectivity index (χ2n) is 5.82. The van der Waals surface area contributed by atoms with Crippen molar-refractivity contribution < 1.29 is 14.6 Å². The van der Waals surface area contributed by atoms with Crippen LogP contribution in [0.3, 0.4) is 0 Å². The molecule has 0 saturated carbocycles. The third-order valence-electron chi connectivity index (χ3n) is 3.58. The quantitative estimate of drug-likeness (QED) is 0.915. The van der Waals surface area contributed by atoms with Gasteiger partial charge in [0.05, 0.1) is 19.3 Å². The van der Waals surface area contributed by atoms with Crippen LogP contribution >= 0.6 is 11.6 Å². The highest BCUT2D eigenvalue weighted by atomic mass is 35.5. The molecule has 1 fully saturated rings. The molecule has 0 radical (unpaired) electrons. The van der Waals surface area contributed by atoms with Gasteiger partial charge in [0.15, 0.2) is 0 Å². The Hall–Kier alpha value is -1.30. The lowest BCUT2D eigenvalue weighted by Crippen LogP contribution is -2.43. The number of carbonyl (C=O) groups is 1.